The van der Waals surface area contributed by atoms with Crippen molar-refractivity contribution in [2.24, 2.45) is 10.5 Å². The van der Waals surface area contributed by atoms with Crippen LogP contribution in [0.25, 0.3) is 0 Å². The molecule has 24 heavy (non-hydrogen) atoms. The van der Waals surface area contributed by atoms with E-state index in [-0.39, 0.29) is 23.1 Å². The Balaban J connectivity index is 2.51. The van der Waals surface area contributed by atoms with E-state index in [1.165, 1.54) is 6.92 Å². The van der Waals surface area contributed by atoms with Crippen molar-refractivity contribution in [3.05, 3.63) is 47.1 Å². The second-order valence-electron chi connectivity index (χ2n) is 7.13. The maximum Gasteiger partial charge on any atom is 0.159 e. The second-order valence-corrected chi connectivity index (χ2v) is 7.13. The monoisotopic (exact) mass is 331 g/mol. The Bertz CT molecular complexity index is 656. The van der Waals surface area contributed by atoms with E-state index in [0.717, 1.165) is 0 Å². The zero-order valence-corrected chi connectivity index (χ0v) is 14.9. The SMILES string of the molecule is C=NN1CC(C)(C)CC(C2=CC=CCC=C2F)N/C1=C(/C)C(C)=O. The molecule has 2 aliphatic rings. The van der Waals surface area contributed by atoms with Gasteiger partial charge in [-0.3, -0.25) is 4.79 Å². The molecule has 1 unspecified atom stereocenters. The highest BCUT2D eigenvalue weighted by Gasteiger charge is 2.35. The van der Waals surface area contributed by atoms with Crippen molar-refractivity contribution < 1.29 is 9.18 Å². The number of allylic oxidation sites excluding steroid dienone is 5. The van der Waals surface area contributed by atoms with Gasteiger partial charge < -0.3 is 5.32 Å². The number of hydrogen-bond acceptors (Lipinski definition) is 4. The molecular weight excluding hydrogens is 305 g/mol. The second kappa shape index (κ2) is 7.16. The lowest BCUT2D eigenvalue weighted by atomic mass is 9.83. The van der Waals surface area contributed by atoms with Gasteiger partial charge in [0.25, 0.3) is 0 Å². The van der Waals surface area contributed by atoms with E-state index in [1.54, 1.807) is 18.0 Å². The van der Waals surface area contributed by atoms with Crippen LogP contribution in [0.5, 0.6) is 0 Å². The zero-order chi connectivity index (χ0) is 17.9. The number of nitrogens with zero attached hydrogens (tertiary/aromatic N) is 2. The van der Waals surface area contributed by atoms with Crippen molar-refractivity contribution in [2.75, 3.05) is 6.54 Å². The molecule has 1 saturated heterocycles. The number of carbonyl (C=O) groups is 1. The first-order valence-electron chi connectivity index (χ1n) is 8.20. The summed E-state index contributed by atoms with van der Waals surface area (Å²) in [4.78, 5) is 11.9. The topological polar surface area (TPSA) is 44.7 Å². The van der Waals surface area contributed by atoms with Gasteiger partial charge in [0.1, 0.15) is 11.6 Å². The molecule has 0 aromatic rings. The minimum Gasteiger partial charge on any atom is -0.363 e. The van der Waals surface area contributed by atoms with E-state index in [9.17, 15) is 9.18 Å². The lowest BCUT2D eigenvalue weighted by molar-refractivity contribution is -0.113. The Morgan fingerprint density at radius 2 is 2.17 bits per heavy atom. The van der Waals surface area contributed by atoms with Gasteiger partial charge in [-0.1, -0.05) is 32.1 Å². The first-order chi connectivity index (χ1) is 11.2. The summed E-state index contributed by atoms with van der Waals surface area (Å²) in [5, 5.41) is 9.14. The summed E-state index contributed by atoms with van der Waals surface area (Å²) in [7, 11) is 0. The maximum atomic E-state index is 14.5. The molecule has 2 rings (SSSR count). The standard InChI is InChI=1S/C19H26FN3O/c1-13(14(2)24)18-22-17(11-19(3,4)12-23(18)21-5)15-9-7-6-8-10-16(15)20/h6-7,9-10,17,22H,5,8,11-12H2,1-4H3/b18-13+. The van der Waals surface area contributed by atoms with Crippen LogP contribution < -0.4 is 5.32 Å². The van der Waals surface area contributed by atoms with E-state index >= 15 is 0 Å². The van der Waals surface area contributed by atoms with Gasteiger partial charge >= 0.3 is 0 Å². The Morgan fingerprint density at radius 1 is 1.46 bits per heavy atom. The number of Topliss-reactive ketones (excluding diaryl/α,β-unsaturated/α-hetero) is 1. The lowest BCUT2D eigenvalue weighted by Crippen LogP contribution is -2.35. The lowest BCUT2D eigenvalue weighted by Gasteiger charge is -2.28. The molecule has 1 aliphatic heterocycles. The normalized spacial score (nSPS) is 25.7. The van der Waals surface area contributed by atoms with Gasteiger partial charge in [-0.05, 0) is 38.2 Å². The van der Waals surface area contributed by atoms with E-state index in [0.29, 0.717) is 36.4 Å². The van der Waals surface area contributed by atoms with Crippen molar-refractivity contribution in [1.29, 1.82) is 0 Å². The average molecular weight is 331 g/mol. The van der Waals surface area contributed by atoms with Crippen LogP contribution in [-0.2, 0) is 4.79 Å². The number of hydrazone groups is 1. The van der Waals surface area contributed by atoms with Gasteiger partial charge in [0.15, 0.2) is 5.78 Å². The maximum absolute atomic E-state index is 14.5. The molecule has 0 aromatic heterocycles. The van der Waals surface area contributed by atoms with Crippen LogP contribution in [0.1, 0.15) is 40.5 Å². The van der Waals surface area contributed by atoms with Crippen molar-refractivity contribution in [3.63, 3.8) is 0 Å². The van der Waals surface area contributed by atoms with Crippen LogP contribution in [0.15, 0.2) is 52.2 Å². The van der Waals surface area contributed by atoms with Crippen LogP contribution in [0.3, 0.4) is 0 Å². The van der Waals surface area contributed by atoms with Gasteiger partial charge in [-0.15, -0.1) is 0 Å². The molecule has 5 heteroatoms. The summed E-state index contributed by atoms with van der Waals surface area (Å²) in [5.41, 5.74) is 1.05. The highest BCUT2D eigenvalue weighted by atomic mass is 19.1. The minimum absolute atomic E-state index is 0.0460. The fourth-order valence-electron chi connectivity index (χ4n) is 3.07. The Labute approximate surface area is 143 Å². The van der Waals surface area contributed by atoms with Gasteiger partial charge in [-0.25, -0.2) is 9.40 Å². The molecule has 1 N–H and O–H groups in total. The Hall–Kier alpha value is -2.17. The van der Waals surface area contributed by atoms with Crippen molar-refractivity contribution in [3.8, 4) is 0 Å². The molecule has 1 atom stereocenters. The molecule has 0 bridgehead atoms. The molecule has 0 amide bonds. The van der Waals surface area contributed by atoms with E-state index in [4.69, 9.17) is 0 Å². The smallest absolute Gasteiger partial charge is 0.159 e. The van der Waals surface area contributed by atoms with Gasteiger partial charge in [0.05, 0.1) is 6.04 Å². The van der Waals surface area contributed by atoms with Crippen LogP contribution in [0.2, 0.25) is 0 Å². The van der Waals surface area contributed by atoms with Crippen LogP contribution in [0, 0.1) is 5.41 Å². The summed E-state index contributed by atoms with van der Waals surface area (Å²) in [6, 6.07) is -0.241. The average Bonchev–Trinajstić information content (AvgIpc) is 2.79. The number of ketones is 1. The predicted octanol–water partition coefficient (Wildman–Crippen LogP) is 3.85. The molecule has 4 nitrogen and oxygen atoms in total. The van der Waals surface area contributed by atoms with Crippen LogP contribution >= 0.6 is 0 Å². The first kappa shape index (κ1) is 18.2. The number of nitrogens with one attached hydrogen (secondary N) is 1. The summed E-state index contributed by atoms with van der Waals surface area (Å²) in [5.74, 6) is 0.346. The third-order valence-corrected chi connectivity index (χ3v) is 4.45. The molecule has 0 radical (unpaired) electrons. The molecule has 130 valence electrons. The predicted molar refractivity (Wildman–Crippen MR) is 96.0 cm³/mol. The largest absolute Gasteiger partial charge is 0.363 e. The zero-order valence-electron chi connectivity index (χ0n) is 14.9. The molecule has 0 spiro atoms. The molecular formula is C19H26FN3O. The van der Waals surface area contributed by atoms with Gasteiger partial charge in [-0.2, -0.15) is 5.10 Å². The van der Waals surface area contributed by atoms with E-state index < -0.39 is 0 Å². The third kappa shape index (κ3) is 4.02. The fraction of sp³-hybridized carbons (Fsp3) is 0.474. The molecule has 1 aliphatic carbocycles. The van der Waals surface area contributed by atoms with Gasteiger partial charge in [0, 0.05) is 24.4 Å². The number of carbonyl (C=O) groups excluding carboxylic acids is 1. The van der Waals surface area contributed by atoms with Crippen LogP contribution in [0.4, 0.5) is 4.39 Å². The number of halogens is 1. The van der Waals surface area contributed by atoms with Crippen molar-refractivity contribution in [1.82, 2.24) is 10.3 Å². The van der Waals surface area contributed by atoms with Crippen LogP contribution in [-0.4, -0.2) is 30.1 Å². The summed E-state index contributed by atoms with van der Waals surface area (Å²) >= 11 is 0. The first-order valence-corrected chi connectivity index (χ1v) is 8.20. The molecule has 0 saturated carbocycles. The van der Waals surface area contributed by atoms with E-state index in [1.807, 2.05) is 18.2 Å². The fourth-order valence-corrected chi connectivity index (χ4v) is 3.07. The molecule has 0 aromatic carbocycles. The highest BCUT2D eigenvalue weighted by Crippen LogP contribution is 2.35. The summed E-state index contributed by atoms with van der Waals surface area (Å²) < 4.78 is 14.5. The Morgan fingerprint density at radius 3 is 2.79 bits per heavy atom. The van der Waals surface area contributed by atoms with Crippen molar-refractivity contribution >= 4 is 12.5 Å². The quantitative estimate of drug-likeness (QED) is 0.631. The summed E-state index contributed by atoms with van der Waals surface area (Å²) in [6.07, 6.45) is 8.49. The molecule has 1 fully saturated rings. The Kier molecular flexibility index (Phi) is 5.42. The number of rotatable bonds is 3. The minimum atomic E-state index is -0.241. The number of hydrogen-bond donors (Lipinski definition) is 1. The summed E-state index contributed by atoms with van der Waals surface area (Å²) in [6.45, 7) is 11.7. The molecule has 1 heterocycles. The van der Waals surface area contributed by atoms with Crippen molar-refractivity contribution in [2.45, 2.75) is 46.6 Å². The third-order valence-electron chi connectivity index (χ3n) is 4.45. The highest BCUT2D eigenvalue weighted by molar-refractivity contribution is 5.93. The van der Waals surface area contributed by atoms with Gasteiger partial charge in [0.2, 0.25) is 0 Å². The van der Waals surface area contributed by atoms with E-state index in [2.05, 4.69) is 31.0 Å².